The van der Waals surface area contributed by atoms with Crippen molar-refractivity contribution in [1.82, 2.24) is 4.98 Å². The Morgan fingerprint density at radius 1 is 1.48 bits per heavy atom. The summed E-state index contributed by atoms with van der Waals surface area (Å²) in [7, 11) is 1.67. The summed E-state index contributed by atoms with van der Waals surface area (Å²) in [5.41, 5.74) is 2.93. The van der Waals surface area contributed by atoms with Crippen LogP contribution in [0.3, 0.4) is 0 Å². The van der Waals surface area contributed by atoms with Crippen molar-refractivity contribution in [2.75, 3.05) is 13.7 Å². The molecule has 1 unspecified atom stereocenters. The van der Waals surface area contributed by atoms with Crippen molar-refractivity contribution in [3.8, 4) is 0 Å². The molecule has 0 saturated heterocycles. The van der Waals surface area contributed by atoms with E-state index in [4.69, 9.17) is 27.9 Å². The summed E-state index contributed by atoms with van der Waals surface area (Å²) in [5.74, 6) is 0.401. The van der Waals surface area contributed by atoms with Crippen molar-refractivity contribution in [3.63, 3.8) is 0 Å². The van der Waals surface area contributed by atoms with Crippen LogP contribution < -0.4 is 0 Å². The number of benzene rings is 1. The molecule has 3 rings (SSSR count). The molecule has 0 saturated carbocycles. The molecule has 0 amide bonds. The van der Waals surface area contributed by atoms with Gasteiger partial charge in [-0.2, -0.15) is 0 Å². The number of halogens is 3. The highest BCUT2D eigenvalue weighted by Gasteiger charge is 2.30. The maximum absolute atomic E-state index is 12.1. The van der Waals surface area contributed by atoms with Crippen LogP contribution in [0.5, 0.6) is 0 Å². The average Bonchev–Trinajstić information content (AvgIpc) is 2.82. The lowest BCUT2D eigenvalue weighted by molar-refractivity contribution is -0.119. The van der Waals surface area contributed by atoms with Gasteiger partial charge in [-0.1, -0.05) is 39.1 Å². The molecule has 21 heavy (non-hydrogen) atoms. The van der Waals surface area contributed by atoms with Crippen LogP contribution in [0.15, 0.2) is 10.5 Å². The first kappa shape index (κ1) is 15.3. The zero-order valence-corrected chi connectivity index (χ0v) is 14.5. The van der Waals surface area contributed by atoms with Crippen LogP contribution in [0.2, 0.25) is 10.0 Å². The van der Waals surface area contributed by atoms with Gasteiger partial charge in [0.25, 0.3) is 0 Å². The van der Waals surface area contributed by atoms with Crippen molar-refractivity contribution < 1.29 is 9.53 Å². The number of carbonyl (C=O) groups excluding carboxylic acids is 1. The van der Waals surface area contributed by atoms with Crippen LogP contribution in [0.4, 0.5) is 0 Å². The third-order valence-electron chi connectivity index (χ3n) is 3.98. The van der Waals surface area contributed by atoms with Crippen LogP contribution in [-0.2, 0) is 16.0 Å². The molecule has 1 aliphatic rings. The number of Topliss-reactive ketones (excluding diaryl/α,β-unsaturated/α-hetero) is 1. The number of ether oxygens (including phenoxy) is 1. The summed E-state index contributed by atoms with van der Waals surface area (Å²) in [6.07, 6.45) is 1.80. The summed E-state index contributed by atoms with van der Waals surface area (Å²) in [6, 6.07) is 1.78. The molecule has 6 heteroatoms. The molecule has 0 radical (unpaired) electrons. The van der Waals surface area contributed by atoms with E-state index < -0.39 is 0 Å². The second-order valence-corrected chi connectivity index (χ2v) is 6.96. The van der Waals surface area contributed by atoms with Gasteiger partial charge in [0.05, 0.1) is 15.6 Å². The Morgan fingerprint density at radius 3 is 2.95 bits per heavy atom. The van der Waals surface area contributed by atoms with Gasteiger partial charge >= 0.3 is 0 Å². The van der Waals surface area contributed by atoms with E-state index in [9.17, 15) is 4.79 Å². The summed E-state index contributed by atoms with van der Waals surface area (Å²) < 4.78 is 6.02. The van der Waals surface area contributed by atoms with E-state index in [0.29, 0.717) is 29.5 Å². The monoisotopic (exact) mass is 389 g/mol. The standard InChI is InChI=1S/C15H14BrCl2NO2/c1-21-3-2-7-4-8(20)5-9-12-10(16)6-11(17)13(18)15(12)19-14(7)9/h6-7,19H,2-5H2,1H3. The molecule has 0 fully saturated rings. The Bertz CT molecular complexity index is 726. The predicted molar refractivity (Wildman–Crippen MR) is 88.6 cm³/mol. The first-order valence-corrected chi connectivity index (χ1v) is 8.26. The van der Waals surface area contributed by atoms with Gasteiger partial charge < -0.3 is 9.72 Å². The minimum absolute atomic E-state index is 0.148. The minimum atomic E-state index is 0.148. The third-order valence-corrected chi connectivity index (χ3v) is 5.40. The van der Waals surface area contributed by atoms with Crippen LogP contribution in [-0.4, -0.2) is 24.5 Å². The average molecular weight is 391 g/mol. The van der Waals surface area contributed by atoms with Crippen molar-refractivity contribution in [2.45, 2.75) is 25.2 Å². The number of hydrogen-bond acceptors (Lipinski definition) is 2. The molecule has 0 aliphatic heterocycles. The smallest absolute Gasteiger partial charge is 0.138 e. The number of aromatic nitrogens is 1. The van der Waals surface area contributed by atoms with Gasteiger partial charge in [-0.3, -0.25) is 4.79 Å². The van der Waals surface area contributed by atoms with Crippen LogP contribution in [0, 0.1) is 0 Å². The number of hydrogen-bond donors (Lipinski definition) is 1. The lowest BCUT2D eigenvalue weighted by Crippen LogP contribution is -2.19. The highest BCUT2D eigenvalue weighted by Crippen LogP contribution is 2.43. The number of nitrogens with one attached hydrogen (secondary N) is 1. The predicted octanol–water partition coefficient (Wildman–Crippen LogP) is 4.87. The summed E-state index contributed by atoms with van der Waals surface area (Å²) in [6.45, 7) is 0.627. The second-order valence-electron chi connectivity index (χ2n) is 5.32. The minimum Gasteiger partial charge on any atom is -0.385 e. The van der Waals surface area contributed by atoms with Crippen LogP contribution >= 0.6 is 39.1 Å². The molecular formula is C15H14BrCl2NO2. The Labute approximate surface area is 141 Å². The molecule has 1 heterocycles. The zero-order chi connectivity index (χ0) is 15.1. The molecule has 2 aromatic rings. The fourth-order valence-corrected chi connectivity index (χ4v) is 4.24. The first-order chi connectivity index (χ1) is 10.0. The van der Waals surface area contributed by atoms with Gasteiger partial charge in [-0.15, -0.1) is 0 Å². The van der Waals surface area contributed by atoms with Gasteiger partial charge in [-0.05, 0) is 18.1 Å². The van der Waals surface area contributed by atoms with E-state index in [1.165, 1.54) is 0 Å². The molecular weight excluding hydrogens is 377 g/mol. The number of H-pyrrole nitrogens is 1. The number of rotatable bonds is 3. The molecule has 1 aliphatic carbocycles. The Kier molecular flexibility index (Phi) is 4.33. The normalized spacial score (nSPS) is 18.3. The SMILES string of the molecule is COCCC1CC(=O)Cc2c1[nH]c1c(Cl)c(Cl)cc(Br)c21. The quantitative estimate of drug-likeness (QED) is 0.759. The van der Waals surface area contributed by atoms with Crippen LogP contribution in [0.25, 0.3) is 10.9 Å². The van der Waals surface area contributed by atoms with E-state index in [-0.39, 0.29) is 11.7 Å². The first-order valence-electron chi connectivity index (χ1n) is 6.71. The van der Waals surface area contributed by atoms with Gasteiger partial charge in [-0.25, -0.2) is 0 Å². The fourth-order valence-electron chi connectivity index (χ4n) is 3.04. The maximum atomic E-state index is 12.1. The number of fused-ring (bicyclic) bond motifs is 3. The Balaban J connectivity index is 2.20. The maximum Gasteiger partial charge on any atom is 0.138 e. The van der Waals surface area contributed by atoms with Crippen molar-refractivity contribution in [1.29, 1.82) is 0 Å². The van der Waals surface area contributed by atoms with Crippen molar-refractivity contribution in [3.05, 3.63) is 31.8 Å². The number of ketones is 1. The number of methoxy groups -OCH3 is 1. The fraction of sp³-hybridized carbons (Fsp3) is 0.400. The van der Waals surface area contributed by atoms with Gasteiger partial charge in [0, 0.05) is 48.0 Å². The van der Waals surface area contributed by atoms with E-state index >= 15 is 0 Å². The Hall–Kier alpha value is -0.550. The Morgan fingerprint density at radius 2 is 2.24 bits per heavy atom. The van der Waals surface area contributed by atoms with Crippen molar-refractivity contribution >= 4 is 55.8 Å². The molecule has 0 spiro atoms. The third kappa shape index (κ3) is 2.63. The van der Waals surface area contributed by atoms with Crippen molar-refractivity contribution in [2.24, 2.45) is 0 Å². The highest BCUT2D eigenvalue weighted by atomic mass is 79.9. The molecule has 3 nitrogen and oxygen atoms in total. The summed E-state index contributed by atoms with van der Waals surface area (Å²) >= 11 is 16.0. The molecule has 1 N–H and O–H groups in total. The number of carbonyl (C=O) groups is 1. The highest BCUT2D eigenvalue weighted by molar-refractivity contribution is 9.10. The van der Waals surface area contributed by atoms with Gasteiger partial charge in [0.2, 0.25) is 0 Å². The second kappa shape index (κ2) is 5.92. The van der Waals surface area contributed by atoms with Gasteiger partial charge in [0.15, 0.2) is 0 Å². The zero-order valence-electron chi connectivity index (χ0n) is 11.4. The van der Waals surface area contributed by atoms with E-state index in [2.05, 4.69) is 20.9 Å². The van der Waals surface area contributed by atoms with Gasteiger partial charge in [0.1, 0.15) is 5.78 Å². The largest absolute Gasteiger partial charge is 0.385 e. The molecule has 1 aromatic heterocycles. The van der Waals surface area contributed by atoms with E-state index in [1.54, 1.807) is 13.2 Å². The number of aromatic amines is 1. The van der Waals surface area contributed by atoms with E-state index in [1.807, 2.05) is 0 Å². The summed E-state index contributed by atoms with van der Waals surface area (Å²) in [5, 5.41) is 1.96. The molecule has 112 valence electrons. The lowest BCUT2D eigenvalue weighted by Gasteiger charge is -2.21. The molecule has 1 aromatic carbocycles. The molecule has 0 bridgehead atoms. The van der Waals surface area contributed by atoms with E-state index in [0.717, 1.165) is 33.1 Å². The summed E-state index contributed by atoms with van der Waals surface area (Å²) in [4.78, 5) is 15.5. The molecule has 1 atom stereocenters. The topological polar surface area (TPSA) is 42.1 Å². The lowest BCUT2D eigenvalue weighted by atomic mass is 9.84. The van der Waals surface area contributed by atoms with Crippen LogP contribution in [0.1, 0.15) is 30.0 Å².